The van der Waals surface area contributed by atoms with Gasteiger partial charge in [0.05, 0.1) is 0 Å². The summed E-state index contributed by atoms with van der Waals surface area (Å²) in [7, 11) is 0. The van der Waals surface area contributed by atoms with Gasteiger partial charge in [0.25, 0.3) is 0 Å². The third kappa shape index (κ3) is 2.35. The van der Waals surface area contributed by atoms with E-state index in [1.165, 1.54) is 19.3 Å². The highest BCUT2D eigenvalue weighted by molar-refractivity contribution is 4.69. The molecule has 1 aliphatic heterocycles. The molecule has 1 aliphatic rings. The van der Waals surface area contributed by atoms with Crippen molar-refractivity contribution in [2.45, 2.75) is 26.2 Å². The van der Waals surface area contributed by atoms with Crippen LogP contribution in [0.4, 0.5) is 0 Å². The quantitative estimate of drug-likeness (QED) is 0.551. The minimum Gasteiger partial charge on any atom is -0.381 e. The van der Waals surface area contributed by atoms with Crippen molar-refractivity contribution in [2.75, 3.05) is 13.2 Å². The maximum atomic E-state index is 5.23. The highest BCUT2D eigenvalue weighted by Gasteiger charge is 2.11. The van der Waals surface area contributed by atoms with Gasteiger partial charge in [-0.2, -0.15) is 0 Å². The van der Waals surface area contributed by atoms with E-state index >= 15 is 0 Å². The fourth-order valence-corrected chi connectivity index (χ4v) is 1.32. The van der Waals surface area contributed by atoms with E-state index in [0.29, 0.717) is 0 Å². The van der Waals surface area contributed by atoms with Crippen molar-refractivity contribution in [2.24, 2.45) is 5.92 Å². The van der Waals surface area contributed by atoms with Crippen LogP contribution in [0.3, 0.4) is 0 Å². The average molecular weight is 127 g/mol. The molecule has 1 rings (SSSR count). The van der Waals surface area contributed by atoms with E-state index in [1.54, 1.807) is 0 Å². The summed E-state index contributed by atoms with van der Waals surface area (Å²) in [5, 5.41) is 0. The molecule has 1 fully saturated rings. The van der Waals surface area contributed by atoms with Crippen molar-refractivity contribution in [1.29, 1.82) is 0 Å². The lowest BCUT2D eigenvalue weighted by atomic mass is 9.95. The van der Waals surface area contributed by atoms with Crippen LogP contribution >= 0.6 is 0 Å². The second-order valence-corrected chi connectivity index (χ2v) is 2.70. The van der Waals surface area contributed by atoms with E-state index in [2.05, 4.69) is 13.3 Å². The summed E-state index contributed by atoms with van der Waals surface area (Å²) in [6.07, 6.45) is 6.08. The molecule has 0 N–H and O–H groups in total. The van der Waals surface area contributed by atoms with Crippen molar-refractivity contribution in [3.63, 3.8) is 0 Å². The maximum absolute atomic E-state index is 5.23. The Kier molecular flexibility index (Phi) is 3.05. The molecule has 1 saturated heterocycles. The van der Waals surface area contributed by atoms with Crippen molar-refractivity contribution in [3.8, 4) is 0 Å². The molecular weight excluding hydrogens is 112 g/mol. The Morgan fingerprint density at radius 3 is 2.67 bits per heavy atom. The lowest BCUT2D eigenvalue weighted by Crippen LogP contribution is -2.15. The van der Waals surface area contributed by atoms with Crippen LogP contribution in [-0.2, 0) is 4.74 Å². The first-order valence-corrected chi connectivity index (χ1v) is 3.79. The molecule has 0 aromatic rings. The van der Waals surface area contributed by atoms with Crippen molar-refractivity contribution in [3.05, 3.63) is 6.42 Å². The molecule has 0 atom stereocenters. The van der Waals surface area contributed by atoms with Crippen LogP contribution in [0.1, 0.15) is 26.2 Å². The van der Waals surface area contributed by atoms with Crippen LogP contribution in [0.25, 0.3) is 0 Å². The SMILES string of the molecule is C[CH]CC1CCOCC1. The largest absolute Gasteiger partial charge is 0.381 e. The zero-order valence-electron chi connectivity index (χ0n) is 6.10. The minimum atomic E-state index is 0.920. The second kappa shape index (κ2) is 3.89. The highest BCUT2D eigenvalue weighted by Crippen LogP contribution is 2.18. The maximum Gasteiger partial charge on any atom is 0.0468 e. The Hall–Kier alpha value is -0.0400. The predicted octanol–water partition coefficient (Wildman–Crippen LogP) is 2.03. The third-order valence-corrected chi connectivity index (χ3v) is 1.91. The molecule has 0 aliphatic carbocycles. The molecule has 53 valence electrons. The Labute approximate surface area is 57.4 Å². The van der Waals surface area contributed by atoms with Crippen LogP contribution in [0.2, 0.25) is 0 Å². The predicted molar refractivity (Wildman–Crippen MR) is 38.1 cm³/mol. The summed E-state index contributed by atoms with van der Waals surface area (Å²) in [6, 6.07) is 0. The summed E-state index contributed by atoms with van der Waals surface area (Å²) < 4.78 is 5.23. The van der Waals surface area contributed by atoms with E-state index in [-0.39, 0.29) is 0 Å². The van der Waals surface area contributed by atoms with Gasteiger partial charge in [-0.1, -0.05) is 6.92 Å². The van der Waals surface area contributed by atoms with Crippen molar-refractivity contribution >= 4 is 0 Å². The normalized spacial score (nSPS) is 22.3. The van der Waals surface area contributed by atoms with Crippen LogP contribution in [0, 0.1) is 12.3 Å². The van der Waals surface area contributed by atoms with Gasteiger partial charge in [0, 0.05) is 13.2 Å². The Morgan fingerprint density at radius 2 is 2.11 bits per heavy atom. The minimum absolute atomic E-state index is 0.920. The summed E-state index contributed by atoms with van der Waals surface area (Å²) in [5.74, 6) is 0.920. The van der Waals surface area contributed by atoms with Crippen LogP contribution in [-0.4, -0.2) is 13.2 Å². The number of hydrogen-bond acceptors (Lipinski definition) is 1. The zero-order chi connectivity index (χ0) is 6.53. The first-order valence-electron chi connectivity index (χ1n) is 3.79. The Balaban J connectivity index is 2.08. The van der Waals surface area contributed by atoms with Gasteiger partial charge >= 0.3 is 0 Å². The molecule has 1 heterocycles. The third-order valence-electron chi connectivity index (χ3n) is 1.91. The number of hydrogen-bond donors (Lipinski definition) is 0. The van der Waals surface area contributed by atoms with Gasteiger partial charge in [-0.3, -0.25) is 0 Å². The van der Waals surface area contributed by atoms with Gasteiger partial charge in [0.2, 0.25) is 0 Å². The molecule has 0 bridgehead atoms. The van der Waals surface area contributed by atoms with Gasteiger partial charge in [-0.15, -0.1) is 0 Å². The zero-order valence-corrected chi connectivity index (χ0v) is 6.10. The Bertz CT molecular complexity index is 62.2. The molecule has 1 radical (unpaired) electrons. The summed E-state index contributed by atoms with van der Waals surface area (Å²) in [4.78, 5) is 0. The van der Waals surface area contributed by atoms with Gasteiger partial charge < -0.3 is 4.74 Å². The average Bonchev–Trinajstić information content (AvgIpc) is 1.91. The van der Waals surface area contributed by atoms with E-state index < -0.39 is 0 Å². The lowest BCUT2D eigenvalue weighted by Gasteiger charge is -2.20. The smallest absolute Gasteiger partial charge is 0.0468 e. The highest BCUT2D eigenvalue weighted by atomic mass is 16.5. The van der Waals surface area contributed by atoms with Crippen molar-refractivity contribution in [1.82, 2.24) is 0 Å². The topological polar surface area (TPSA) is 9.23 Å². The molecule has 0 saturated carbocycles. The summed E-state index contributed by atoms with van der Waals surface area (Å²) in [6.45, 7) is 4.10. The standard InChI is InChI=1S/C8H15O/c1-2-3-8-4-6-9-7-5-8/h2,8H,3-7H2,1H3. The van der Waals surface area contributed by atoms with Gasteiger partial charge in [0.1, 0.15) is 0 Å². The fourth-order valence-electron chi connectivity index (χ4n) is 1.32. The summed E-state index contributed by atoms with van der Waals surface area (Å²) in [5.41, 5.74) is 0. The molecule has 0 aromatic carbocycles. The second-order valence-electron chi connectivity index (χ2n) is 2.70. The number of rotatable bonds is 2. The number of ether oxygens (including phenoxy) is 1. The lowest BCUT2D eigenvalue weighted by molar-refractivity contribution is 0.0663. The molecule has 1 heteroatoms. The molecule has 1 nitrogen and oxygen atoms in total. The van der Waals surface area contributed by atoms with Gasteiger partial charge in [0.15, 0.2) is 0 Å². The molecule has 0 aromatic heterocycles. The van der Waals surface area contributed by atoms with Crippen molar-refractivity contribution < 1.29 is 4.74 Å². The molecule has 0 amide bonds. The van der Waals surface area contributed by atoms with Gasteiger partial charge in [-0.25, -0.2) is 0 Å². The van der Waals surface area contributed by atoms with Crippen LogP contribution in [0.5, 0.6) is 0 Å². The fraction of sp³-hybridized carbons (Fsp3) is 0.875. The monoisotopic (exact) mass is 127 g/mol. The molecule has 9 heavy (non-hydrogen) atoms. The first kappa shape index (κ1) is 7.07. The van der Waals surface area contributed by atoms with Crippen LogP contribution in [0.15, 0.2) is 0 Å². The molecular formula is C8H15O. The van der Waals surface area contributed by atoms with E-state index in [4.69, 9.17) is 4.74 Å². The Morgan fingerprint density at radius 1 is 1.44 bits per heavy atom. The van der Waals surface area contributed by atoms with E-state index in [1.807, 2.05) is 0 Å². The summed E-state index contributed by atoms with van der Waals surface area (Å²) >= 11 is 0. The molecule has 0 spiro atoms. The van der Waals surface area contributed by atoms with Gasteiger partial charge in [-0.05, 0) is 31.6 Å². The van der Waals surface area contributed by atoms with Crippen LogP contribution < -0.4 is 0 Å². The first-order chi connectivity index (χ1) is 4.43. The molecule has 0 unspecified atom stereocenters. The van der Waals surface area contributed by atoms with E-state index in [9.17, 15) is 0 Å². The van der Waals surface area contributed by atoms with E-state index in [0.717, 1.165) is 19.1 Å².